The molecule has 1 saturated heterocycles. The third-order valence-corrected chi connectivity index (χ3v) is 6.01. The van der Waals surface area contributed by atoms with Crippen molar-refractivity contribution in [3.05, 3.63) is 60.2 Å². The number of piperidine rings is 1. The van der Waals surface area contributed by atoms with E-state index in [4.69, 9.17) is 9.47 Å². The highest BCUT2D eigenvalue weighted by Crippen LogP contribution is 2.21. The van der Waals surface area contributed by atoms with E-state index < -0.39 is 0 Å². The number of hydrogen-bond acceptors (Lipinski definition) is 8. The third kappa shape index (κ3) is 4.93. The van der Waals surface area contributed by atoms with Crippen LogP contribution in [0.4, 0.5) is 0 Å². The zero-order valence-corrected chi connectivity index (χ0v) is 18.9. The fourth-order valence-corrected chi connectivity index (χ4v) is 4.02. The molecule has 1 aromatic carbocycles. The van der Waals surface area contributed by atoms with Crippen LogP contribution in [0, 0.1) is 5.92 Å². The first kappa shape index (κ1) is 21.3. The Morgan fingerprint density at radius 1 is 1.03 bits per heavy atom. The van der Waals surface area contributed by atoms with E-state index in [0.29, 0.717) is 35.4 Å². The Balaban J connectivity index is 1.26. The molecule has 0 bridgehead atoms. The summed E-state index contributed by atoms with van der Waals surface area (Å²) in [4.78, 5) is 11.4. The van der Waals surface area contributed by atoms with Gasteiger partial charge < -0.3 is 14.4 Å². The van der Waals surface area contributed by atoms with Gasteiger partial charge in [0.1, 0.15) is 0 Å². The molecule has 0 N–H and O–H groups in total. The summed E-state index contributed by atoms with van der Waals surface area (Å²) in [5.41, 5.74) is 2.69. The highest BCUT2D eigenvalue weighted by Gasteiger charge is 2.17. The molecule has 0 radical (unpaired) electrons. The van der Waals surface area contributed by atoms with E-state index >= 15 is 0 Å². The average Bonchev–Trinajstić information content (AvgIpc) is 3.26. The lowest BCUT2D eigenvalue weighted by Crippen LogP contribution is -2.32. The van der Waals surface area contributed by atoms with Crippen LogP contribution in [0.1, 0.15) is 24.2 Å². The maximum Gasteiger partial charge on any atom is 0.231 e. The molecule has 9 nitrogen and oxygen atoms in total. The van der Waals surface area contributed by atoms with Gasteiger partial charge in [0, 0.05) is 18.1 Å². The van der Waals surface area contributed by atoms with Gasteiger partial charge in [0.25, 0.3) is 0 Å². The van der Waals surface area contributed by atoms with Crippen molar-refractivity contribution in [2.75, 3.05) is 33.9 Å². The van der Waals surface area contributed by atoms with Crippen molar-refractivity contribution < 1.29 is 9.47 Å². The fraction of sp³-hybridized carbons (Fsp3) is 0.375. The van der Waals surface area contributed by atoms with E-state index in [9.17, 15) is 0 Å². The van der Waals surface area contributed by atoms with Crippen molar-refractivity contribution in [2.45, 2.75) is 19.3 Å². The quantitative estimate of drug-likeness (QED) is 0.429. The highest BCUT2D eigenvalue weighted by atomic mass is 16.5. The molecule has 4 heterocycles. The Hall–Kier alpha value is -3.59. The Kier molecular flexibility index (Phi) is 6.12. The van der Waals surface area contributed by atoms with Gasteiger partial charge in [-0.25, -0.2) is 9.97 Å². The second kappa shape index (κ2) is 9.50. The number of hydrogen-bond donors (Lipinski definition) is 0. The number of methoxy groups -OCH3 is 1. The Labute approximate surface area is 192 Å². The second-order valence-electron chi connectivity index (χ2n) is 8.44. The Morgan fingerprint density at radius 3 is 2.64 bits per heavy atom. The SMILES string of the molecule is COc1ccc2nnc(Cc3cccc(-c4ncc(OCC5CCN(C)CC5)cn4)c3)n2n1. The molecule has 0 aliphatic carbocycles. The number of aromatic nitrogens is 6. The predicted molar refractivity (Wildman–Crippen MR) is 123 cm³/mol. The highest BCUT2D eigenvalue weighted by molar-refractivity contribution is 5.56. The van der Waals surface area contributed by atoms with E-state index in [1.807, 2.05) is 24.3 Å². The van der Waals surface area contributed by atoms with Gasteiger partial charge in [0.2, 0.25) is 5.88 Å². The van der Waals surface area contributed by atoms with Gasteiger partial charge in [0.05, 0.1) is 26.1 Å². The molecule has 9 heteroatoms. The number of rotatable bonds is 7. The summed E-state index contributed by atoms with van der Waals surface area (Å²) in [6, 6.07) is 11.7. The summed E-state index contributed by atoms with van der Waals surface area (Å²) >= 11 is 0. The van der Waals surface area contributed by atoms with Crippen LogP contribution in [0.2, 0.25) is 0 Å². The molecule has 0 amide bonds. The van der Waals surface area contributed by atoms with E-state index in [1.165, 1.54) is 12.8 Å². The molecular weight excluding hydrogens is 418 g/mol. The van der Waals surface area contributed by atoms with Crippen LogP contribution in [-0.4, -0.2) is 68.5 Å². The summed E-state index contributed by atoms with van der Waals surface area (Å²) in [5, 5.41) is 12.9. The third-order valence-electron chi connectivity index (χ3n) is 6.01. The van der Waals surface area contributed by atoms with Gasteiger partial charge in [-0.1, -0.05) is 18.2 Å². The monoisotopic (exact) mass is 445 g/mol. The van der Waals surface area contributed by atoms with E-state index in [-0.39, 0.29) is 0 Å². The summed E-state index contributed by atoms with van der Waals surface area (Å²) in [6.07, 6.45) is 6.43. The van der Waals surface area contributed by atoms with Crippen molar-refractivity contribution in [3.63, 3.8) is 0 Å². The molecule has 0 spiro atoms. The molecule has 1 aliphatic heterocycles. The van der Waals surface area contributed by atoms with Gasteiger partial charge in [-0.05, 0) is 56.6 Å². The molecule has 33 heavy (non-hydrogen) atoms. The lowest BCUT2D eigenvalue weighted by molar-refractivity contribution is 0.159. The van der Waals surface area contributed by atoms with Crippen molar-refractivity contribution in [3.8, 4) is 23.0 Å². The van der Waals surface area contributed by atoms with Crippen LogP contribution < -0.4 is 9.47 Å². The number of nitrogens with zero attached hydrogens (tertiary/aromatic N) is 7. The largest absolute Gasteiger partial charge is 0.490 e. The maximum absolute atomic E-state index is 5.95. The first-order chi connectivity index (χ1) is 16.2. The first-order valence-electron chi connectivity index (χ1n) is 11.2. The van der Waals surface area contributed by atoms with Gasteiger partial charge in [0.15, 0.2) is 23.0 Å². The zero-order valence-electron chi connectivity index (χ0n) is 18.9. The molecule has 0 saturated carbocycles. The minimum Gasteiger partial charge on any atom is -0.490 e. The van der Waals surface area contributed by atoms with Gasteiger partial charge >= 0.3 is 0 Å². The van der Waals surface area contributed by atoms with E-state index in [0.717, 1.165) is 36.6 Å². The fourth-order valence-electron chi connectivity index (χ4n) is 4.02. The van der Waals surface area contributed by atoms with E-state index in [1.54, 1.807) is 30.1 Å². The number of benzene rings is 1. The first-order valence-corrected chi connectivity index (χ1v) is 11.2. The molecule has 1 fully saturated rings. The van der Waals surface area contributed by atoms with Crippen molar-refractivity contribution in [1.82, 2.24) is 34.7 Å². The van der Waals surface area contributed by atoms with Crippen LogP contribution in [-0.2, 0) is 6.42 Å². The molecule has 1 aliphatic rings. The van der Waals surface area contributed by atoms with Crippen LogP contribution in [0.5, 0.6) is 11.6 Å². The minimum absolute atomic E-state index is 0.517. The molecular formula is C24H27N7O2. The molecule has 170 valence electrons. The van der Waals surface area contributed by atoms with Crippen molar-refractivity contribution in [2.24, 2.45) is 5.92 Å². The average molecular weight is 446 g/mol. The Bertz CT molecular complexity index is 1220. The van der Waals surface area contributed by atoms with Gasteiger partial charge in [-0.15, -0.1) is 15.3 Å². The minimum atomic E-state index is 0.517. The van der Waals surface area contributed by atoms with Crippen LogP contribution in [0.25, 0.3) is 17.0 Å². The van der Waals surface area contributed by atoms with Gasteiger partial charge in [-0.3, -0.25) is 0 Å². The standard InChI is InChI=1S/C24H27N7O2/c1-30-10-8-17(9-11-30)16-33-20-14-25-24(26-15-20)19-5-3-4-18(12-19)13-22-28-27-21-6-7-23(32-2)29-31(21)22/h3-7,12,14-15,17H,8-11,13,16H2,1-2H3. The lowest BCUT2D eigenvalue weighted by Gasteiger charge is -2.28. The van der Waals surface area contributed by atoms with Crippen LogP contribution in [0.3, 0.4) is 0 Å². The summed E-state index contributed by atoms with van der Waals surface area (Å²) in [5.74, 6) is 3.22. The normalized spacial score (nSPS) is 15.1. The lowest BCUT2D eigenvalue weighted by atomic mass is 9.98. The zero-order chi connectivity index (χ0) is 22.6. The molecule has 0 unspecified atom stereocenters. The molecule has 4 aromatic rings. The summed E-state index contributed by atoms with van der Waals surface area (Å²) in [7, 11) is 3.76. The van der Waals surface area contributed by atoms with Crippen molar-refractivity contribution >= 4 is 5.65 Å². The van der Waals surface area contributed by atoms with E-state index in [2.05, 4.69) is 43.3 Å². The van der Waals surface area contributed by atoms with Crippen molar-refractivity contribution in [1.29, 1.82) is 0 Å². The summed E-state index contributed by atoms with van der Waals surface area (Å²) in [6.45, 7) is 2.99. The molecule has 5 rings (SSSR count). The second-order valence-corrected chi connectivity index (χ2v) is 8.44. The molecule has 3 aromatic heterocycles. The van der Waals surface area contributed by atoms with Crippen LogP contribution >= 0.6 is 0 Å². The number of fused-ring (bicyclic) bond motifs is 1. The van der Waals surface area contributed by atoms with Crippen LogP contribution in [0.15, 0.2) is 48.8 Å². The number of ether oxygens (including phenoxy) is 2. The maximum atomic E-state index is 5.95. The Morgan fingerprint density at radius 2 is 1.85 bits per heavy atom. The predicted octanol–water partition coefficient (Wildman–Crippen LogP) is 2.90. The topological polar surface area (TPSA) is 90.6 Å². The number of likely N-dealkylation sites (tertiary alicyclic amines) is 1. The van der Waals surface area contributed by atoms with Gasteiger partial charge in [-0.2, -0.15) is 4.52 Å². The molecule has 0 atom stereocenters. The summed E-state index contributed by atoms with van der Waals surface area (Å²) < 4.78 is 12.9. The smallest absolute Gasteiger partial charge is 0.231 e.